The van der Waals surface area contributed by atoms with E-state index in [1.54, 1.807) is 22.2 Å². The van der Waals surface area contributed by atoms with Crippen molar-refractivity contribution in [1.29, 1.82) is 0 Å². The van der Waals surface area contributed by atoms with Gasteiger partial charge >= 0.3 is 0 Å². The number of thiophene rings is 1. The summed E-state index contributed by atoms with van der Waals surface area (Å²) in [6.45, 7) is 6.35. The van der Waals surface area contributed by atoms with Crippen LogP contribution in [-0.2, 0) is 19.4 Å². The standard InChI is InChI=1S/C19H29N3OS/c1-4-6-10-21(3)14-8-9-15-16(12-14)24-18-17(15)19(23)22(13-20-18)11-7-5-2/h13-14H,4-12H2,1-3H3. The average Bonchev–Trinajstić information content (AvgIpc) is 2.97. The van der Waals surface area contributed by atoms with E-state index in [2.05, 4.69) is 30.8 Å². The molecule has 2 heterocycles. The van der Waals surface area contributed by atoms with Crippen molar-refractivity contribution in [3.8, 4) is 0 Å². The van der Waals surface area contributed by atoms with E-state index in [4.69, 9.17) is 0 Å². The number of aryl methyl sites for hydroxylation is 2. The lowest BCUT2D eigenvalue weighted by molar-refractivity contribution is 0.220. The number of nitrogens with zero attached hydrogens (tertiary/aromatic N) is 3. The van der Waals surface area contributed by atoms with Gasteiger partial charge < -0.3 is 4.90 Å². The second-order valence-corrected chi connectivity index (χ2v) is 8.10. The van der Waals surface area contributed by atoms with E-state index < -0.39 is 0 Å². The quantitative estimate of drug-likeness (QED) is 0.763. The van der Waals surface area contributed by atoms with E-state index in [0.29, 0.717) is 6.04 Å². The third-order valence-electron chi connectivity index (χ3n) is 5.25. The van der Waals surface area contributed by atoms with E-state index >= 15 is 0 Å². The molecule has 3 rings (SSSR count). The molecule has 0 spiro atoms. The summed E-state index contributed by atoms with van der Waals surface area (Å²) in [4.78, 5) is 22.3. The van der Waals surface area contributed by atoms with E-state index in [9.17, 15) is 4.79 Å². The summed E-state index contributed by atoms with van der Waals surface area (Å²) in [5, 5.41) is 0.906. The molecule has 1 aliphatic rings. The Kier molecular flexibility index (Phi) is 5.72. The molecule has 0 amide bonds. The van der Waals surface area contributed by atoms with Crippen molar-refractivity contribution < 1.29 is 0 Å². The minimum absolute atomic E-state index is 0.170. The zero-order valence-corrected chi connectivity index (χ0v) is 16.0. The molecule has 132 valence electrons. The number of likely N-dealkylation sites (N-methyl/N-ethyl adjacent to an activating group) is 1. The Hall–Kier alpha value is -1.20. The van der Waals surface area contributed by atoms with Gasteiger partial charge in [-0.1, -0.05) is 26.7 Å². The summed E-state index contributed by atoms with van der Waals surface area (Å²) >= 11 is 1.74. The monoisotopic (exact) mass is 347 g/mol. The zero-order chi connectivity index (χ0) is 17.1. The van der Waals surface area contributed by atoms with E-state index in [0.717, 1.165) is 48.9 Å². The lowest BCUT2D eigenvalue weighted by atomic mass is 9.92. The molecule has 0 aromatic carbocycles. The van der Waals surface area contributed by atoms with Crippen LogP contribution in [0.1, 0.15) is 56.4 Å². The van der Waals surface area contributed by atoms with Crippen LogP contribution in [0.5, 0.6) is 0 Å². The molecule has 0 bridgehead atoms. The van der Waals surface area contributed by atoms with Gasteiger partial charge in [0, 0.05) is 17.5 Å². The van der Waals surface area contributed by atoms with Gasteiger partial charge in [-0.2, -0.15) is 0 Å². The van der Waals surface area contributed by atoms with Crippen LogP contribution in [0.15, 0.2) is 11.1 Å². The Morgan fingerprint density at radius 1 is 1.33 bits per heavy atom. The van der Waals surface area contributed by atoms with Gasteiger partial charge in [0.1, 0.15) is 4.83 Å². The van der Waals surface area contributed by atoms with Gasteiger partial charge in [0.25, 0.3) is 5.56 Å². The van der Waals surface area contributed by atoms with Gasteiger partial charge in [-0.3, -0.25) is 9.36 Å². The molecular formula is C19H29N3OS. The normalized spacial score (nSPS) is 17.6. The van der Waals surface area contributed by atoms with E-state index in [1.165, 1.54) is 29.8 Å². The highest BCUT2D eigenvalue weighted by Crippen LogP contribution is 2.34. The van der Waals surface area contributed by atoms with Crippen molar-refractivity contribution in [2.45, 2.75) is 71.4 Å². The molecule has 0 N–H and O–H groups in total. The van der Waals surface area contributed by atoms with Crippen molar-refractivity contribution in [2.24, 2.45) is 0 Å². The lowest BCUT2D eigenvalue weighted by Gasteiger charge is -2.31. The largest absolute Gasteiger partial charge is 0.303 e. The second kappa shape index (κ2) is 7.79. The number of fused-ring (bicyclic) bond motifs is 3. The number of unbranched alkanes of at least 4 members (excludes halogenated alkanes) is 2. The first kappa shape index (κ1) is 17.6. The van der Waals surface area contributed by atoms with Gasteiger partial charge in [0.2, 0.25) is 0 Å². The molecular weight excluding hydrogens is 318 g/mol. The summed E-state index contributed by atoms with van der Waals surface area (Å²) < 4.78 is 1.80. The highest BCUT2D eigenvalue weighted by Gasteiger charge is 2.27. The molecule has 0 radical (unpaired) electrons. The highest BCUT2D eigenvalue weighted by molar-refractivity contribution is 7.18. The summed E-state index contributed by atoms with van der Waals surface area (Å²) in [6.07, 6.45) is 9.62. The van der Waals surface area contributed by atoms with Crippen LogP contribution >= 0.6 is 11.3 Å². The van der Waals surface area contributed by atoms with Crippen LogP contribution in [0.4, 0.5) is 0 Å². The van der Waals surface area contributed by atoms with Gasteiger partial charge in [-0.25, -0.2) is 4.98 Å². The molecule has 0 aliphatic heterocycles. The number of hydrogen-bond donors (Lipinski definition) is 0. The summed E-state index contributed by atoms with van der Waals surface area (Å²) in [7, 11) is 2.24. The van der Waals surface area contributed by atoms with Crippen molar-refractivity contribution in [1.82, 2.24) is 14.5 Å². The first-order valence-corrected chi connectivity index (χ1v) is 10.2. The van der Waals surface area contributed by atoms with Crippen molar-refractivity contribution in [2.75, 3.05) is 13.6 Å². The third kappa shape index (κ3) is 3.42. The van der Waals surface area contributed by atoms with E-state index in [1.807, 2.05) is 0 Å². The predicted octanol–water partition coefficient (Wildman–Crippen LogP) is 3.85. The fourth-order valence-electron chi connectivity index (χ4n) is 3.64. The molecule has 5 heteroatoms. The number of aromatic nitrogens is 2. The van der Waals surface area contributed by atoms with Crippen LogP contribution in [0.3, 0.4) is 0 Å². The molecule has 0 saturated heterocycles. The number of hydrogen-bond acceptors (Lipinski definition) is 4. The molecule has 0 fully saturated rings. The maximum Gasteiger partial charge on any atom is 0.262 e. The topological polar surface area (TPSA) is 38.1 Å². The van der Waals surface area contributed by atoms with Gasteiger partial charge in [0.05, 0.1) is 11.7 Å². The number of rotatable bonds is 7. The minimum Gasteiger partial charge on any atom is -0.303 e. The Balaban J connectivity index is 1.87. The van der Waals surface area contributed by atoms with Gasteiger partial charge in [-0.05, 0) is 51.3 Å². The summed E-state index contributed by atoms with van der Waals surface area (Å²) in [5.74, 6) is 0. The molecule has 2 aromatic heterocycles. The smallest absolute Gasteiger partial charge is 0.262 e. The SMILES string of the molecule is CCCCN(C)C1CCc2c(sc3ncn(CCCC)c(=O)c23)C1. The maximum atomic E-state index is 12.8. The highest BCUT2D eigenvalue weighted by atomic mass is 32.1. The Morgan fingerprint density at radius 2 is 2.12 bits per heavy atom. The van der Waals surface area contributed by atoms with Crippen molar-refractivity contribution in [3.05, 3.63) is 27.1 Å². The second-order valence-electron chi connectivity index (χ2n) is 7.01. The molecule has 24 heavy (non-hydrogen) atoms. The van der Waals surface area contributed by atoms with Gasteiger partial charge in [-0.15, -0.1) is 11.3 Å². The average molecular weight is 348 g/mol. The van der Waals surface area contributed by atoms with Crippen LogP contribution in [0, 0.1) is 0 Å². The van der Waals surface area contributed by atoms with Crippen LogP contribution in [0.2, 0.25) is 0 Å². The van der Waals surface area contributed by atoms with Crippen LogP contribution < -0.4 is 5.56 Å². The molecule has 1 atom stereocenters. The lowest BCUT2D eigenvalue weighted by Crippen LogP contribution is -2.36. The molecule has 0 saturated carbocycles. The third-order valence-corrected chi connectivity index (χ3v) is 6.41. The van der Waals surface area contributed by atoms with Crippen LogP contribution in [0.25, 0.3) is 10.2 Å². The van der Waals surface area contributed by atoms with Crippen LogP contribution in [-0.4, -0.2) is 34.1 Å². The first-order valence-electron chi connectivity index (χ1n) is 9.35. The van der Waals surface area contributed by atoms with Crippen molar-refractivity contribution >= 4 is 21.6 Å². The fourth-order valence-corrected chi connectivity index (χ4v) is 4.89. The molecule has 2 aromatic rings. The zero-order valence-electron chi connectivity index (χ0n) is 15.2. The Morgan fingerprint density at radius 3 is 2.88 bits per heavy atom. The summed E-state index contributed by atoms with van der Waals surface area (Å²) in [6, 6.07) is 0.611. The Labute approximate surface area is 148 Å². The fraction of sp³-hybridized carbons (Fsp3) is 0.684. The van der Waals surface area contributed by atoms with Gasteiger partial charge in [0.15, 0.2) is 0 Å². The molecule has 1 unspecified atom stereocenters. The molecule has 4 nitrogen and oxygen atoms in total. The predicted molar refractivity (Wildman–Crippen MR) is 102 cm³/mol. The van der Waals surface area contributed by atoms with Crippen molar-refractivity contribution in [3.63, 3.8) is 0 Å². The minimum atomic E-state index is 0.170. The maximum absolute atomic E-state index is 12.8. The summed E-state index contributed by atoms with van der Waals surface area (Å²) in [5.41, 5.74) is 1.46. The first-order chi connectivity index (χ1) is 11.7. The van der Waals surface area contributed by atoms with E-state index in [-0.39, 0.29) is 5.56 Å². The molecule has 1 aliphatic carbocycles. The Bertz CT molecular complexity index is 749.